The van der Waals surface area contributed by atoms with Crippen molar-refractivity contribution in [2.75, 3.05) is 63.0 Å². The van der Waals surface area contributed by atoms with Crippen LogP contribution in [0, 0.1) is 0 Å². The first-order chi connectivity index (χ1) is 12.9. The third-order valence-electron chi connectivity index (χ3n) is 4.92. The van der Waals surface area contributed by atoms with Crippen molar-refractivity contribution in [2.45, 2.75) is 13.3 Å². The Morgan fingerprint density at radius 1 is 1.11 bits per heavy atom. The molecule has 2 aliphatic rings. The van der Waals surface area contributed by atoms with Crippen LogP contribution in [0.1, 0.15) is 13.3 Å². The number of piperazine rings is 1. The fourth-order valence-electron chi connectivity index (χ4n) is 3.34. The van der Waals surface area contributed by atoms with Crippen molar-refractivity contribution >= 4 is 21.6 Å². The molecule has 0 saturated carbocycles. The number of hydrogen-bond acceptors (Lipinski definition) is 6. The molecule has 1 fully saturated rings. The van der Waals surface area contributed by atoms with E-state index in [0.29, 0.717) is 43.5 Å². The largest absolute Gasteiger partial charge is 0.486 e. The molecule has 0 atom stereocenters. The van der Waals surface area contributed by atoms with Crippen LogP contribution in [0.4, 0.5) is 5.69 Å². The summed E-state index contributed by atoms with van der Waals surface area (Å²) in [4.78, 5) is 16.6. The molecule has 2 heterocycles. The van der Waals surface area contributed by atoms with Gasteiger partial charge in [-0.3, -0.25) is 9.10 Å². The smallest absolute Gasteiger partial charge is 0.232 e. The summed E-state index contributed by atoms with van der Waals surface area (Å²) >= 11 is 0. The number of nitrogens with zero attached hydrogens (tertiary/aromatic N) is 3. The zero-order chi connectivity index (χ0) is 19.4. The summed E-state index contributed by atoms with van der Waals surface area (Å²) in [6.45, 7) is 7.19. The van der Waals surface area contributed by atoms with Gasteiger partial charge in [0.2, 0.25) is 15.9 Å². The van der Waals surface area contributed by atoms with Gasteiger partial charge in [0.15, 0.2) is 11.5 Å². The lowest BCUT2D eigenvalue weighted by atomic mass is 10.2. The van der Waals surface area contributed by atoms with E-state index >= 15 is 0 Å². The van der Waals surface area contributed by atoms with Gasteiger partial charge in [-0.1, -0.05) is 6.92 Å². The minimum Gasteiger partial charge on any atom is -0.486 e. The molecule has 0 aromatic heterocycles. The molecule has 0 unspecified atom stereocenters. The standard InChI is InChI=1S/C18H27N3O5S/c1-3-19-8-10-20(11-9-19)18(22)6-7-21(27(2,23)24)15-4-5-16-17(14-15)26-13-12-25-16/h4-5,14H,3,6-13H2,1-2H3. The van der Waals surface area contributed by atoms with E-state index in [9.17, 15) is 13.2 Å². The van der Waals surface area contributed by atoms with Gasteiger partial charge in [0.25, 0.3) is 0 Å². The van der Waals surface area contributed by atoms with E-state index in [1.54, 1.807) is 18.2 Å². The van der Waals surface area contributed by atoms with Crippen molar-refractivity contribution in [3.05, 3.63) is 18.2 Å². The highest BCUT2D eigenvalue weighted by Crippen LogP contribution is 2.34. The molecule has 8 nitrogen and oxygen atoms in total. The number of fused-ring (bicyclic) bond motifs is 1. The Hall–Kier alpha value is -2.00. The second kappa shape index (κ2) is 8.35. The van der Waals surface area contributed by atoms with E-state index in [2.05, 4.69) is 11.8 Å². The second-order valence-corrected chi connectivity index (χ2v) is 8.63. The fourth-order valence-corrected chi connectivity index (χ4v) is 4.26. The molecular weight excluding hydrogens is 370 g/mol. The van der Waals surface area contributed by atoms with Crippen LogP contribution >= 0.6 is 0 Å². The lowest BCUT2D eigenvalue weighted by molar-refractivity contribution is -0.132. The van der Waals surface area contributed by atoms with E-state index in [1.165, 1.54) is 4.31 Å². The van der Waals surface area contributed by atoms with Crippen molar-refractivity contribution in [3.8, 4) is 11.5 Å². The Bertz CT molecular complexity index is 775. The number of sulfonamides is 1. The van der Waals surface area contributed by atoms with Gasteiger partial charge in [0, 0.05) is 45.2 Å². The Labute approximate surface area is 160 Å². The molecule has 1 aromatic carbocycles. The fraction of sp³-hybridized carbons (Fsp3) is 0.611. The van der Waals surface area contributed by atoms with Crippen LogP contribution in [0.5, 0.6) is 11.5 Å². The van der Waals surface area contributed by atoms with Crippen LogP contribution in [0.2, 0.25) is 0 Å². The SMILES string of the molecule is CCN1CCN(C(=O)CCN(c2ccc3c(c2)OCCO3)S(C)(=O)=O)CC1. The van der Waals surface area contributed by atoms with E-state index in [0.717, 1.165) is 25.9 Å². The molecule has 3 rings (SSSR count). The van der Waals surface area contributed by atoms with Gasteiger partial charge < -0.3 is 19.3 Å². The van der Waals surface area contributed by atoms with E-state index in [-0.39, 0.29) is 18.9 Å². The first-order valence-corrected chi connectivity index (χ1v) is 11.1. The molecule has 0 bridgehead atoms. The van der Waals surface area contributed by atoms with E-state index in [1.807, 2.05) is 4.90 Å². The van der Waals surface area contributed by atoms with Crippen molar-refractivity contribution in [3.63, 3.8) is 0 Å². The molecule has 1 aromatic rings. The Kier molecular flexibility index (Phi) is 6.11. The second-order valence-electron chi connectivity index (χ2n) is 6.73. The summed E-state index contributed by atoms with van der Waals surface area (Å²) in [7, 11) is -3.53. The highest BCUT2D eigenvalue weighted by Gasteiger charge is 2.24. The topological polar surface area (TPSA) is 79.4 Å². The minimum absolute atomic E-state index is 0.0167. The molecule has 0 N–H and O–H groups in total. The van der Waals surface area contributed by atoms with Crippen molar-refractivity contribution in [1.29, 1.82) is 0 Å². The number of ether oxygens (including phenoxy) is 2. The number of rotatable bonds is 6. The lowest BCUT2D eigenvalue weighted by Crippen LogP contribution is -2.49. The minimum atomic E-state index is -3.53. The Morgan fingerprint density at radius 3 is 2.41 bits per heavy atom. The van der Waals surface area contributed by atoms with Crippen LogP contribution in [0.15, 0.2) is 18.2 Å². The third kappa shape index (κ3) is 4.84. The van der Waals surface area contributed by atoms with Crippen LogP contribution < -0.4 is 13.8 Å². The van der Waals surface area contributed by atoms with E-state index in [4.69, 9.17) is 9.47 Å². The van der Waals surface area contributed by atoms with Gasteiger partial charge in [-0.25, -0.2) is 8.42 Å². The van der Waals surface area contributed by atoms with Crippen LogP contribution in [-0.2, 0) is 14.8 Å². The maximum Gasteiger partial charge on any atom is 0.232 e. The van der Waals surface area contributed by atoms with Gasteiger partial charge in [-0.15, -0.1) is 0 Å². The number of carbonyl (C=O) groups excluding carboxylic acids is 1. The van der Waals surface area contributed by atoms with Crippen molar-refractivity contribution in [2.24, 2.45) is 0 Å². The number of likely N-dealkylation sites (N-methyl/N-ethyl adjacent to an activating group) is 1. The molecule has 27 heavy (non-hydrogen) atoms. The zero-order valence-electron chi connectivity index (χ0n) is 15.9. The molecular formula is C18H27N3O5S. The predicted molar refractivity (Wildman–Crippen MR) is 103 cm³/mol. The van der Waals surface area contributed by atoms with Gasteiger partial charge in [0.1, 0.15) is 13.2 Å². The molecule has 150 valence electrons. The number of hydrogen-bond donors (Lipinski definition) is 0. The average Bonchev–Trinajstić information content (AvgIpc) is 2.67. The summed E-state index contributed by atoms with van der Waals surface area (Å²) in [6, 6.07) is 5.03. The summed E-state index contributed by atoms with van der Waals surface area (Å²) in [5.41, 5.74) is 0.477. The molecule has 0 radical (unpaired) electrons. The van der Waals surface area contributed by atoms with Gasteiger partial charge in [-0.2, -0.15) is 0 Å². The number of amides is 1. The normalized spacial score (nSPS) is 17.6. The summed E-state index contributed by atoms with van der Waals surface area (Å²) in [5.74, 6) is 1.11. The molecule has 1 saturated heterocycles. The van der Waals surface area contributed by atoms with Crippen molar-refractivity contribution < 1.29 is 22.7 Å². The number of benzene rings is 1. The van der Waals surface area contributed by atoms with Gasteiger partial charge >= 0.3 is 0 Å². The first-order valence-electron chi connectivity index (χ1n) is 9.26. The molecule has 2 aliphatic heterocycles. The maximum absolute atomic E-state index is 12.5. The van der Waals surface area contributed by atoms with Crippen LogP contribution in [-0.4, -0.2) is 82.9 Å². The average molecular weight is 397 g/mol. The number of carbonyl (C=O) groups is 1. The highest BCUT2D eigenvalue weighted by molar-refractivity contribution is 7.92. The summed E-state index contributed by atoms with van der Waals surface area (Å²) < 4.78 is 36.9. The van der Waals surface area contributed by atoms with Crippen LogP contribution in [0.25, 0.3) is 0 Å². The lowest BCUT2D eigenvalue weighted by Gasteiger charge is -2.34. The van der Waals surface area contributed by atoms with E-state index < -0.39 is 10.0 Å². The molecule has 1 amide bonds. The molecule has 9 heteroatoms. The summed E-state index contributed by atoms with van der Waals surface area (Å²) in [5, 5.41) is 0. The van der Waals surface area contributed by atoms with Gasteiger partial charge in [-0.05, 0) is 18.7 Å². The molecule has 0 aliphatic carbocycles. The van der Waals surface area contributed by atoms with Gasteiger partial charge in [0.05, 0.1) is 11.9 Å². The quantitative estimate of drug-likeness (QED) is 0.706. The predicted octanol–water partition coefficient (Wildman–Crippen LogP) is 0.778. The number of anilines is 1. The maximum atomic E-state index is 12.5. The monoisotopic (exact) mass is 397 g/mol. The molecule has 0 spiro atoms. The van der Waals surface area contributed by atoms with Crippen LogP contribution in [0.3, 0.4) is 0 Å². The Morgan fingerprint density at radius 2 is 1.78 bits per heavy atom. The Balaban J connectivity index is 1.67. The zero-order valence-corrected chi connectivity index (χ0v) is 16.7. The third-order valence-corrected chi connectivity index (χ3v) is 6.11. The summed E-state index contributed by atoms with van der Waals surface area (Å²) in [6.07, 6.45) is 1.29. The van der Waals surface area contributed by atoms with Crippen molar-refractivity contribution in [1.82, 2.24) is 9.80 Å². The first kappa shape index (κ1) is 19.8. The highest BCUT2D eigenvalue weighted by atomic mass is 32.2.